The van der Waals surface area contributed by atoms with Crippen molar-refractivity contribution in [2.24, 2.45) is 0 Å². The van der Waals surface area contributed by atoms with Gasteiger partial charge in [0.2, 0.25) is 0 Å². The van der Waals surface area contributed by atoms with Gasteiger partial charge in [-0.2, -0.15) is 0 Å². The summed E-state index contributed by atoms with van der Waals surface area (Å²) >= 11 is 1.46. The van der Waals surface area contributed by atoms with E-state index in [1.165, 1.54) is 17.4 Å². The number of fused-ring (bicyclic) bond motifs is 2. The number of para-hydroxylation sites is 2. The maximum atomic E-state index is 12.4. The molecule has 0 radical (unpaired) electrons. The zero-order chi connectivity index (χ0) is 17.4. The van der Waals surface area contributed by atoms with E-state index in [-0.39, 0.29) is 5.56 Å². The molecule has 0 fully saturated rings. The molecule has 6 heteroatoms. The van der Waals surface area contributed by atoms with Crippen molar-refractivity contribution < 1.29 is 13.9 Å². The van der Waals surface area contributed by atoms with Crippen molar-refractivity contribution in [2.45, 2.75) is 13.0 Å². The first-order chi connectivity index (χ1) is 12.1. The van der Waals surface area contributed by atoms with Crippen LogP contribution in [0.5, 0.6) is 0 Å². The van der Waals surface area contributed by atoms with Crippen LogP contribution in [0.3, 0.4) is 0 Å². The number of hydrogen-bond acceptors (Lipinski definition) is 6. The molecule has 0 N–H and O–H groups in total. The van der Waals surface area contributed by atoms with Crippen LogP contribution in [0.25, 0.3) is 21.2 Å². The van der Waals surface area contributed by atoms with Crippen molar-refractivity contribution in [3.05, 3.63) is 75.6 Å². The number of aromatic nitrogens is 1. The number of hydrogen-bond donors (Lipinski definition) is 0. The molecule has 0 saturated heterocycles. The van der Waals surface area contributed by atoms with E-state index in [2.05, 4.69) is 4.98 Å². The molecule has 1 atom stereocenters. The van der Waals surface area contributed by atoms with Crippen LogP contribution in [-0.2, 0) is 4.74 Å². The molecule has 0 amide bonds. The van der Waals surface area contributed by atoms with Gasteiger partial charge in [-0.05, 0) is 31.2 Å². The molecule has 2 aromatic carbocycles. The van der Waals surface area contributed by atoms with Crippen molar-refractivity contribution in [1.29, 1.82) is 0 Å². The van der Waals surface area contributed by atoms with Gasteiger partial charge in [-0.3, -0.25) is 0 Å². The molecule has 25 heavy (non-hydrogen) atoms. The molecule has 124 valence electrons. The van der Waals surface area contributed by atoms with E-state index in [0.29, 0.717) is 16.0 Å². The predicted octanol–water partition coefficient (Wildman–Crippen LogP) is 4.32. The predicted molar refractivity (Wildman–Crippen MR) is 95.9 cm³/mol. The first kappa shape index (κ1) is 15.5. The van der Waals surface area contributed by atoms with E-state index < -0.39 is 17.7 Å². The van der Waals surface area contributed by atoms with Gasteiger partial charge in [0.15, 0.2) is 6.10 Å². The summed E-state index contributed by atoms with van der Waals surface area (Å²) in [5.41, 5.74) is 0.464. The summed E-state index contributed by atoms with van der Waals surface area (Å²) in [6, 6.07) is 16.2. The molecule has 4 aromatic rings. The smallest absolute Gasteiger partial charge is 0.351 e. The van der Waals surface area contributed by atoms with Crippen molar-refractivity contribution in [2.75, 3.05) is 0 Å². The standard InChI is InChI=1S/C19H13NO4S/c1-11(17-20-14-7-3-5-9-16(14)25-17)23-18(21)13-10-12-6-2-4-8-15(12)24-19(13)22/h2-11H,1H3/t11-/m0/s1. The van der Waals surface area contributed by atoms with E-state index in [1.807, 2.05) is 24.3 Å². The fourth-order valence-corrected chi connectivity index (χ4v) is 3.49. The largest absolute Gasteiger partial charge is 0.451 e. The van der Waals surface area contributed by atoms with Gasteiger partial charge in [-0.15, -0.1) is 11.3 Å². The van der Waals surface area contributed by atoms with E-state index in [0.717, 1.165) is 10.2 Å². The highest BCUT2D eigenvalue weighted by Crippen LogP contribution is 2.28. The molecular weight excluding hydrogens is 338 g/mol. The summed E-state index contributed by atoms with van der Waals surface area (Å²) in [4.78, 5) is 28.9. The second-order valence-electron chi connectivity index (χ2n) is 5.55. The maximum absolute atomic E-state index is 12.4. The fourth-order valence-electron chi connectivity index (χ4n) is 2.54. The van der Waals surface area contributed by atoms with Gasteiger partial charge in [0.25, 0.3) is 0 Å². The molecule has 2 aromatic heterocycles. The zero-order valence-corrected chi connectivity index (χ0v) is 14.1. The third kappa shape index (κ3) is 2.92. The Morgan fingerprint density at radius 1 is 1.16 bits per heavy atom. The van der Waals surface area contributed by atoms with Gasteiger partial charge in [0, 0.05) is 5.39 Å². The summed E-state index contributed by atoms with van der Waals surface area (Å²) < 4.78 is 11.6. The molecule has 2 heterocycles. The fraction of sp³-hybridized carbons (Fsp3) is 0.105. The molecule has 0 unspecified atom stereocenters. The average molecular weight is 351 g/mol. The Kier molecular flexibility index (Phi) is 3.82. The van der Waals surface area contributed by atoms with Crippen LogP contribution in [0.2, 0.25) is 0 Å². The van der Waals surface area contributed by atoms with Gasteiger partial charge in [0.1, 0.15) is 16.2 Å². The minimum atomic E-state index is -0.716. The molecule has 0 aliphatic rings. The third-order valence-electron chi connectivity index (χ3n) is 3.80. The lowest BCUT2D eigenvalue weighted by Gasteiger charge is -2.10. The van der Waals surface area contributed by atoms with Crippen molar-refractivity contribution in [3.8, 4) is 0 Å². The summed E-state index contributed by atoms with van der Waals surface area (Å²) in [5.74, 6) is -0.716. The summed E-state index contributed by atoms with van der Waals surface area (Å²) in [6.07, 6.45) is -0.559. The SMILES string of the molecule is C[C@H](OC(=O)c1cc2ccccc2oc1=O)c1nc2ccccc2s1. The van der Waals surface area contributed by atoms with Crippen LogP contribution in [0.1, 0.15) is 28.4 Å². The number of rotatable bonds is 3. The summed E-state index contributed by atoms with van der Waals surface area (Å²) in [7, 11) is 0. The van der Waals surface area contributed by atoms with Crippen molar-refractivity contribution >= 4 is 38.5 Å². The minimum absolute atomic E-state index is 0.119. The van der Waals surface area contributed by atoms with E-state index in [9.17, 15) is 9.59 Å². The minimum Gasteiger partial charge on any atom is -0.451 e. The Morgan fingerprint density at radius 3 is 2.76 bits per heavy atom. The van der Waals surface area contributed by atoms with Crippen LogP contribution in [0.15, 0.2) is 63.8 Å². The van der Waals surface area contributed by atoms with Crippen LogP contribution in [0, 0.1) is 0 Å². The third-order valence-corrected chi connectivity index (χ3v) is 5.00. The van der Waals surface area contributed by atoms with Gasteiger partial charge in [-0.1, -0.05) is 30.3 Å². The van der Waals surface area contributed by atoms with E-state index in [4.69, 9.17) is 9.15 Å². The summed E-state index contributed by atoms with van der Waals surface area (Å²) in [5, 5.41) is 1.35. The van der Waals surface area contributed by atoms with Crippen LogP contribution >= 0.6 is 11.3 Å². The molecule has 0 bridgehead atoms. The first-order valence-electron chi connectivity index (χ1n) is 7.71. The number of nitrogens with zero attached hydrogens (tertiary/aromatic N) is 1. The molecule has 5 nitrogen and oxygen atoms in total. The number of carbonyl (C=O) groups excluding carboxylic acids is 1. The number of esters is 1. The van der Waals surface area contributed by atoms with Crippen LogP contribution in [0.4, 0.5) is 0 Å². The Bertz CT molecular complexity index is 1110. The van der Waals surface area contributed by atoms with Crippen LogP contribution in [-0.4, -0.2) is 11.0 Å². The van der Waals surface area contributed by atoms with Gasteiger partial charge in [0.05, 0.1) is 10.2 Å². The Labute approximate surface area is 146 Å². The first-order valence-corrected chi connectivity index (χ1v) is 8.53. The molecule has 0 aliphatic carbocycles. The van der Waals surface area contributed by atoms with Crippen molar-refractivity contribution in [1.82, 2.24) is 4.98 Å². The highest BCUT2D eigenvalue weighted by molar-refractivity contribution is 7.18. The molecule has 0 spiro atoms. The van der Waals surface area contributed by atoms with Crippen LogP contribution < -0.4 is 5.63 Å². The second-order valence-corrected chi connectivity index (χ2v) is 6.61. The second kappa shape index (κ2) is 6.14. The monoisotopic (exact) mass is 351 g/mol. The molecular formula is C19H13NO4S. The zero-order valence-electron chi connectivity index (χ0n) is 13.3. The number of benzene rings is 2. The van der Waals surface area contributed by atoms with Gasteiger partial charge in [-0.25, -0.2) is 14.6 Å². The Morgan fingerprint density at radius 2 is 1.92 bits per heavy atom. The Hall–Kier alpha value is -2.99. The highest BCUT2D eigenvalue weighted by Gasteiger charge is 2.20. The number of ether oxygens (including phenoxy) is 1. The molecule has 4 rings (SSSR count). The average Bonchev–Trinajstić information content (AvgIpc) is 3.05. The molecule has 0 aliphatic heterocycles. The highest BCUT2D eigenvalue weighted by atomic mass is 32.1. The van der Waals surface area contributed by atoms with Gasteiger partial charge >= 0.3 is 11.6 Å². The number of carbonyl (C=O) groups is 1. The molecule has 0 saturated carbocycles. The lowest BCUT2D eigenvalue weighted by Crippen LogP contribution is -2.18. The lowest BCUT2D eigenvalue weighted by molar-refractivity contribution is 0.0333. The van der Waals surface area contributed by atoms with E-state index in [1.54, 1.807) is 31.2 Å². The summed E-state index contributed by atoms with van der Waals surface area (Å²) in [6.45, 7) is 1.73. The quantitative estimate of drug-likeness (QED) is 0.406. The van der Waals surface area contributed by atoms with Gasteiger partial charge < -0.3 is 9.15 Å². The normalized spacial score (nSPS) is 12.4. The lowest BCUT2D eigenvalue weighted by atomic mass is 10.2. The topological polar surface area (TPSA) is 69.4 Å². The van der Waals surface area contributed by atoms with Crippen molar-refractivity contribution in [3.63, 3.8) is 0 Å². The number of thiazole rings is 1. The Balaban J connectivity index is 1.63. The maximum Gasteiger partial charge on any atom is 0.351 e. The van der Waals surface area contributed by atoms with E-state index >= 15 is 0 Å².